The van der Waals surface area contributed by atoms with Crippen LogP contribution in [0.5, 0.6) is 0 Å². The highest BCUT2D eigenvalue weighted by Crippen LogP contribution is 2.20. The maximum atomic E-state index is 12.7. The summed E-state index contributed by atoms with van der Waals surface area (Å²) in [6.07, 6.45) is 4.32. The Hall–Kier alpha value is -2.81. The van der Waals surface area contributed by atoms with Crippen LogP contribution in [0.25, 0.3) is 0 Å². The van der Waals surface area contributed by atoms with Crippen molar-refractivity contribution in [2.24, 2.45) is 14.1 Å². The lowest BCUT2D eigenvalue weighted by Crippen LogP contribution is -2.46. The van der Waals surface area contributed by atoms with E-state index in [1.165, 1.54) is 24.7 Å². The first-order chi connectivity index (χ1) is 11.5. The van der Waals surface area contributed by atoms with Crippen LogP contribution in [0.15, 0.2) is 34.2 Å². The van der Waals surface area contributed by atoms with E-state index in [0.717, 1.165) is 4.57 Å². The highest BCUT2D eigenvalue weighted by atomic mass is 16.5. The lowest BCUT2D eigenvalue weighted by molar-refractivity contribution is -0.0252. The summed E-state index contributed by atoms with van der Waals surface area (Å²) in [6.45, 7) is 0.992. The summed E-state index contributed by atoms with van der Waals surface area (Å²) in [6, 6.07) is 1.18. The van der Waals surface area contributed by atoms with E-state index in [4.69, 9.17) is 4.74 Å². The predicted octanol–water partition coefficient (Wildman–Crippen LogP) is -0.912. The Labute approximate surface area is 137 Å². The Morgan fingerprint density at radius 1 is 1.25 bits per heavy atom. The molecule has 2 aromatic rings. The van der Waals surface area contributed by atoms with Gasteiger partial charge in [-0.1, -0.05) is 0 Å². The lowest BCUT2D eigenvalue weighted by Gasteiger charge is -2.32. The molecule has 3 heterocycles. The first-order valence-electron chi connectivity index (χ1n) is 7.43. The van der Waals surface area contributed by atoms with Crippen LogP contribution >= 0.6 is 0 Å². The molecule has 1 fully saturated rings. The molecule has 1 amide bonds. The zero-order valence-corrected chi connectivity index (χ0v) is 13.4. The van der Waals surface area contributed by atoms with Gasteiger partial charge in [0.2, 0.25) is 0 Å². The van der Waals surface area contributed by atoms with Gasteiger partial charge in [0.15, 0.2) is 0 Å². The molecular formula is C15H17N5O4. The van der Waals surface area contributed by atoms with Gasteiger partial charge in [-0.25, -0.2) is 4.79 Å². The minimum atomic E-state index is -0.537. The quantitative estimate of drug-likeness (QED) is 0.706. The zero-order chi connectivity index (χ0) is 17.3. The monoisotopic (exact) mass is 331 g/mol. The highest BCUT2D eigenvalue weighted by molar-refractivity contribution is 5.92. The first-order valence-corrected chi connectivity index (χ1v) is 7.43. The maximum Gasteiger partial charge on any atom is 0.331 e. The number of carbonyl (C=O) groups is 1. The van der Waals surface area contributed by atoms with E-state index in [2.05, 4.69) is 9.97 Å². The van der Waals surface area contributed by atoms with Crippen LogP contribution < -0.4 is 11.2 Å². The van der Waals surface area contributed by atoms with E-state index in [1.54, 1.807) is 23.5 Å². The molecule has 0 spiro atoms. The first kappa shape index (κ1) is 16.1. The van der Waals surface area contributed by atoms with E-state index in [0.29, 0.717) is 18.8 Å². The average Bonchev–Trinajstić information content (AvgIpc) is 2.63. The number of nitrogens with zero attached hydrogens (tertiary/aromatic N) is 5. The second-order valence-electron chi connectivity index (χ2n) is 5.51. The SMILES string of the molecule is Cn1c(C(=O)N2CCOC(c3cnccn3)C2)cc(=O)n(C)c1=O. The molecule has 3 rings (SSSR count). The van der Waals surface area contributed by atoms with E-state index >= 15 is 0 Å². The van der Waals surface area contributed by atoms with Gasteiger partial charge in [-0.15, -0.1) is 0 Å². The largest absolute Gasteiger partial charge is 0.368 e. The summed E-state index contributed by atoms with van der Waals surface area (Å²) in [5.74, 6) is -0.385. The molecule has 0 bridgehead atoms. The van der Waals surface area contributed by atoms with Crippen molar-refractivity contribution < 1.29 is 9.53 Å². The summed E-state index contributed by atoms with van der Waals surface area (Å²) in [5, 5.41) is 0. The molecule has 24 heavy (non-hydrogen) atoms. The Morgan fingerprint density at radius 2 is 2.04 bits per heavy atom. The summed E-state index contributed by atoms with van der Waals surface area (Å²) < 4.78 is 7.78. The van der Waals surface area contributed by atoms with Gasteiger partial charge in [0.05, 0.1) is 25.0 Å². The van der Waals surface area contributed by atoms with Crippen molar-refractivity contribution in [3.8, 4) is 0 Å². The van der Waals surface area contributed by atoms with Gasteiger partial charge in [0.25, 0.3) is 11.5 Å². The number of hydrogen-bond acceptors (Lipinski definition) is 6. The molecule has 0 aliphatic carbocycles. The fourth-order valence-electron chi connectivity index (χ4n) is 2.59. The Morgan fingerprint density at radius 3 is 2.75 bits per heavy atom. The van der Waals surface area contributed by atoms with Crippen LogP contribution in [0.1, 0.15) is 22.3 Å². The minimum absolute atomic E-state index is 0.0582. The van der Waals surface area contributed by atoms with Crippen LogP contribution in [0.4, 0.5) is 0 Å². The third-order valence-corrected chi connectivity index (χ3v) is 4.01. The molecule has 0 radical (unpaired) electrons. The van der Waals surface area contributed by atoms with Crippen molar-refractivity contribution in [1.29, 1.82) is 0 Å². The van der Waals surface area contributed by atoms with E-state index in [9.17, 15) is 14.4 Å². The Balaban J connectivity index is 1.88. The molecule has 1 aliphatic heterocycles. The van der Waals surface area contributed by atoms with Crippen molar-refractivity contribution in [1.82, 2.24) is 24.0 Å². The molecule has 2 aromatic heterocycles. The van der Waals surface area contributed by atoms with Gasteiger partial charge in [0.1, 0.15) is 11.8 Å². The molecule has 0 N–H and O–H groups in total. The van der Waals surface area contributed by atoms with E-state index in [1.807, 2.05) is 0 Å². The van der Waals surface area contributed by atoms with Crippen molar-refractivity contribution >= 4 is 5.91 Å². The number of hydrogen-bond donors (Lipinski definition) is 0. The summed E-state index contributed by atoms with van der Waals surface area (Å²) in [7, 11) is 2.84. The Bertz CT molecular complexity index is 874. The number of rotatable bonds is 2. The molecule has 9 nitrogen and oxygen atoms in total. The van der Waals surface area contributed by atoms with Gasteiger partial charge in [0, 0.05) is 39.1 Å². The molecule has 0 aromatic carbocycles. The molecular weight excluding hydrogens is 314 g/mol. The summed E-state index contributed by atoms with van der Waals surface area (Å²) >= 11 is 0. The maximum absolute atomic E-state index is 12.7. The van der Waals surface area contributed by atoms with Crippen molar-refractivity contribution in [3.63, 3.8) is 0 Å². The third-order valence-electron chi connectivity index (χ3n) is 4.01. The summed E-state index contributed by atoms with van der Waals surface area (Å²) in [5.41, 5.74) is -0.361. The van der Waals surface area contributed by atoms with Crippen LogP contribution in [-0.4, -0.2) is 49.6 Å². The highest BCUT2D eigenvalue weighted by Gasteiger charge is 2.28. The Kier molecular flexibility index (Phi) is 4.26. The number of aromatic nitrogens is 4. The molecule has 1 atom stereocenters. The van der Waals surface area contributed by atoms with Gasteiger partial charge >= 0.3 is 5.69 Å². The zero-order valence-electron chi connectivity index (χ0n) is 13.4. The average molecular weight is 331 g/mol. The van der Waals surface area contributed by atoms with Crippen LogP contribution in [0, 0.1) is 0 Å². The molecule has 9 heteroatoms. The fourth-order valence-corrected chi connectivity index (χ4v) is 2.59. The molecule has 1 aliphatic rings. The second-order valence-corrected chi connectivity index (χ2v) is 5.51. The van der Waals surface area contributed by atoms with Crippen molar-refractivity contribution in [2.45, 2.75) is 6.10 Å². The standard InChI is InChI=1S/C15H17N5O4/c1-18-11(7-13(21)19(2)15(18)23)14(22)20-5-6-24-12(9-20)10-8-16-3-4-17-10/h3-4,7-8,12H,5-6,9H2,1-2H3. The number of ether oxygens (including phenoxy) is 1. The second kappa shape index (κ2) is 6.36. The number of morpholine rings is 1. The minimum Gasteiger partial charge on any atom is -0.368 e. The third kappa shape index (κ3) is 2.85. The fraction of sp³-hybridized carbons (Fsp3) is 0.400. The van der Waals surface area contributed by atoms with Gasteiger partial charge in [-0.3, -0.25) is 28.7 Å². The predicted molar refractivity (Wildman–Crippen MR) is 83.6 cm³/mol. The molecule has 1 unspecified atom stereocenters. The van der Waals surface area contributed by atoms with E-state index < -0.39 is 11.2 Å². The molecule has 0 saturated carbocycles. The smallest absolute Gasteiger partial charge is 0.331 e. The van der Waals surface area contributed by atoms with Crippen molar-refractivity contribution in [2.75, 3.05) is 19.7 Å². The topological polar surface area (TPSA) is 99.3 Å². The normalized spacial score (nSPS) is 17.8. The molecule has 1 saturated heterocycles. The number of carbonyl (C=O) groups excluding carboxylic acids is 1. The van der Waals surface area contributed by atoms with Gasteiger partial charge in [-0.05, 0) is 0 Å². The van der Waals surface area contributed by atoms with E-state index in [-0.39, 0.29) is 24.2 Å². The summed E-state index contributed by atoms with van der Waals surface area (Å²) in [4.78, 5) is 46.3. The van der Waals surface area contributed by atoms with Crippen molar-refractivity contribution in [3.05, 3.63) is 56.9 Å². The van der Waals surface area contributed by atoms with Crippen LogP contribution in [-0.2, 0) is 18.8 Å². The van der Waals surface area contributed by atoms with Gasteiger partial charge in [-0.2, -0.15) is 0 Å². The van der Waals surface area contributed by atoms with Gasteiger partial charge < -0.3 is 9.64 Å². The van der Waals surface area contributed by atoms with Crippen LogP contribution in [0.2, 0.25) is 0 Å². The number of amides is 1. The lowest BCUT2D eigenvalue weighted by atomic mass is 10.2. The molecule has 126 valence electrons. The van der Waals surface area contributed by atoms with Crippen LogP contribution in [0.3, 0.4) is 0 Å².